The number of hydrogen-bond donors (Lipinski definition) is 0. The molecule has 0 fully saturated rings. The van der Waals surface area contributed by atoms with Crippen molar-refractivity contribution in [2.24, 2.45) is 7.05 Å². The molecule has 0 aliphatic heterocycles. The van der Waals surface area contributed by atoms with Gasteiger partial charge in [0.15, 0.2) is 5.78 Å². The predicted molar refractivity (Wildman–Crippen MR) is 86.9 cm³/mol. The van der Waals surface area contributed by atoms with E-state index in [-0.39, 0.29) is 18.1 Å². The lowest BCUT2D eigenvalue weighted by molar-refractivity contribution is 0.0971. The fourth-order valence-electron chi connectivity index (χ4n) is 2.33. The first kappa shape index (κ1) is 15.2. The molecule has 6 heteroatoms. The summed E-state index contributed by atoms with van der Waals surface area (Å²) < 4.78 is 3.36. The zero-order valence-corrected chi connectivity index (χ0v) is 13.2. The fourth-order valence-corrected chi connectivity index (χ4v) is 2.46. The second-order valence-corrected chi connectivity index (χ2v) is 5.66. The molecule has 0 saturated carbocycles. The molecule has 2 aromatic heterocycles. The van der Waals surface area contributed by atoms with Crippen molar-refractivity contribution < 1.29 is 9.59 Å². The molecule has 0 aliphatic carbocycles. The number of aryl methyl sites for hydroxylation is 1. The van der Waals surface area contributed by atoms with E-state index in [0.29, 0.717) is 21.8 Å². The van der Waals surface area contributed by atoms with Crippen LogP contribution in [-0.4, -0.2) is 25.7 Å². The zero-order valence-electron chi connectivity index (χ0n) is 12.4. The van der Waals surface area contributed by atoms with Crippen LogP contribution in [0.1, 0.15) is 26.4 Å². The molecule has 5 nitrogen and oxygen atoms in total. The maximum absolute atomic E-state index is 12.5. The Balaban J connectivity index is 1.84. The van der Waals surface area contributed by atoms with Crippen molar-refractivity contribution >= 4 is 23.2 Å². The first-order chi connectivity index (χ1) is 11.0. The quantitative estimate of drug-likeness (QED) is 0.677. The number of carbonyl (C=O) groups excluding carboxylic acids is 2. The smallest absolute Gasteiger partial charge is 0.209 e. The van der Waals surface area contributed by atoms with E-state index >= 15 is 0 Å². The van der Waals surface area contributed by atoms with Crippen molar-refractivity contribution in [2.45, 2.75) is 6.54 Å². The van der Waals surface area contributed by atoms with E-state index in [0.717, 1.165) is 0 Å². The van der Waals surface area contributed by atoms with Gasteiger partial charge in [0.25, 0.3) is 0 Å². The Bertz CT molecular complexity index is 849. The van der Waals surface area contributed by atoms with Gasteiger partial charge in [-0.3, -0.25) is 9.59 Å². The van der Waals surface area contributed by atoms with Crippen molar-refractivity contribution in [3.8, 4) is 0 Å². The highest BCUT2D eigenvalue weighted by Crippen LogP contribution is 2.16. The van der Waals surface area contributed by atoms with Crippen LogP contribution in [0.25, 0.3) is 0 Å². The summed E-state index contributed by atoms with van der Waals surface area (Å²) in [5, 5.41) is 0.574. The summed E-state index contributed by atoms with van der Waals surface area (Å²) in [5.41, 5.74) is 1.49. The van der Waals surface area contributed by atoms with Crippen LogP contribution in [0.15, 0.2) is 55.2 Å². The summed E-state index contributed by atoms with van der Waals surface area (Å²) in [5.74, 6) is -0.223. The molecule has 23 heavy (non-hydrogen) atoms. The second-order valence-electron chi connectivity index (χ2n) is 5.22. The van der Waals surface area contributed by atoms with Crippen LogP contribution in [0.2, 0.25) is 5.02 Å². The maximum Gasteiger partial charge on any atom is 0.209 e. The zero-order chi connectivity index (χ0) is 16.4. The normalized spacial score (nSPS) is 10.7. The Morgan fingerprint density at radius 3 is 2.57 bits per heavy atom. The van der Waals surface area contributed by atoms with E-state index in [9.17, 15) is 9.59 Å². The monoisotopic (exact) mass is 327 g/mol. The Labute approximate surface area is 138 Å². The molecule has 0 atom stereocenters. The predicted octanol–water partition coefficient (Wildman–Crippen LogP) is 2.99. The van der Waals surface area contributed by atoms with Gasteiger partial charge >= 0.3 is 0 Å². The topological polar surface area (TPSA) is 56.9 Å². The third-order valence-electron chi connectivity index (χ3n) is 3.55. The number of aromatic nitrogens is 3. The highest BCUT2D eigenvalue weighted by molar-refractivity contribution is 6.30. The molecule has 0 spiro atoms. The number of carbonyl (C=O) groups is 2. The SMILES string of the molecule is Cn1cc(C(=O)Cn2ccnc2)cc1C(=O)c1ccc(Cl)cc1. The minimum Gasteiger partial charge on any atom is -0.347 e. The van der Waals surface area contributed by atoms with Gasteiger partial charge in [-0.25, -0.2) is 4.98 Å². The van der Waals surface area contributed by atoms with E-state index in [4.69, 9.17) is 11.6 Å². The van der Waals surface area contributed by atoms with Gasteiger partial charge in [-0.1, -0.05) is 11.6 Å². The summed E-state index contributed by atoms with van der Waals surface area (Å²) in [6.45, 7) is 0.193. The Morgan fingerprint density at radius 2 is 1.91 bits per heavy atom. The van der Waals surface area contributed by atoms with E-state index < -0.39 is 0 Å². The van der Waals surface area contributed by atoms with Crippen LogP contribution in [0.3, 0.4) is 0 Å². The number of ketones is 2. The summed E-state index contributed by atoms with van der Waals surface area (Å²) in [4.78, 5) is 28.7. The van der Waals surface area contributed by atoms with E-state index in [1.807, 2.05) is 0 Å². The molecule has 2 heterocycles. The van der Waals surface area contributed by atoms with Gasteiger partial charge in [-0.15, -0.1) is 0 Å². The fraction of sp³-hybridized carbons (Fsp3) is 0.118. The van der Waals surface area contributed by atoms with Crippen LogP contribution in [0.5, 0.6) is 0 Å². The van der Waals surface area contributed by atoms with E-state index in [1.54, 1.807) is 71.4 Å². The van der Waals surface area contributed by atoms with Crippen molar-refractivity contribution in [2.75, 3.05) is 0 Å². The molecule has 0 radical (unpaired) electrons. The van der Waals surface area contributed by atoms with Gasteiger partial charge in [0.05, 0.1) is 18.6 Å². The van der Waals surface area contributed by atoms with E-state index in [1.165, 1.54) is 0 Å². The molecule has 0 N–H and O–H groups in total. The maximum atomic E-state index is 12.5. The highest BCUT2D eigenvalue weighted by atomic mass is 35.5. The number of imidazole rings is 1. The molecule has 1 aromatic carbocycles. The van der Waals surface area contributed by atoms with Gasteiger partial charge in [-0.05, 0) is 30.3 Å². The molecule has 0 unspecified atom stereocenters. The largest absolute Gasteiger partial charge is 0.347 e. The number of hydrogen-bond acceptors (Lipinski definition) is 3. The van der Waals surface area contributed by atoms with Gasteiger partial charge in [0, 0.05) is 41.8 Å². The Morgan fingerprint density at radius 1 is 1.17 bits per heavy atom. The Hall–Kier alpha value is -2.66. The highest BCUT2D eigenvalue weighted by Gasteiger charge is 2.17. The van der Waals surface area contributed by atoms with Crippen LogP contribution >= 0.6 is 11.6 Å². The number of halogens is 1. The second kappa shape index (κ2) is 6.22. The molecule has 0 saturated heterocycles. The van der Waals surface area contributed by atoms with Crippen molar-refractivity contribution in [3.05, 3.63) is 77.1 Å². The first-order valence-corrected chi connectivity index (χ1v) is 7.38. The Kier molecular flexibility index (Phi) is 4.12. The standard InChI is InChI=1S/C17H14ClN3O2/c1-20-9-13(16(22)10-21-7-6-19-11-21)8-15(20)17(23)12-2-4-14(18)5-3-12/h2-9,11H,10H2,1H3. The van der Waals surface area contributed by atoms with Crippen molar-refractivity contribution in [3.63, 3.8) is 0 Å². The summed E-state index contributed by atoms with van der Waals surface area (Å²) in [6, 6.07) is 8.30. The third-order valence-corrected chi connectivity index (χ3v) is 3.80. The summed E-state index contributed by atoms with van der Waals surface area (Å²) >= 11 is 5.84. The lowest BCUT2D eigenvalue weighted by Gasteiger charge is -2.02. The molecular weight excluding hydrogens is 314 g/mol. The lowest BCUT2D eigenvalue weighted by atomic mass is 10.1. The lowest BCUT2D eigenvalue weighted by Crippen LogP contribution is -2.08. The molecule has 0 amide bonds. The summed E-state index contributed by atoms with van der Waals surface area (Å²) in [6.07, 6.45) is 6.59. The van der Waals surface area contributed by atoms with Crippen molar-refractivity contribution in [1.82, 2.24) is 14.1 Å². The molecule has 3 rings (SSSR count). The van der Waals surface area contributed by atoms with Crippen LogP contribution < -0.4 is 0 Å². The number of benzene rings is 1. The molecule has 116 valence electrons. The number of Topliss-reactive ketones (excluding diaryl/α,β-unsaturated/α-hetero) is 1. The minimum absolute atomic E-state index is 0.0752. The van der Waals surface area contributed by atoms with E-state index in [2.05, 4.69) is 4.98 Å². The number of nitrogens with zero attached hydrogens (tertiary/aromatic N) is 3. The van der Waals surface area contributed by atoms with Crippen LogP contribution in [0, 0.1) is 0 Å². The van der Waals surface area contributed by atoms with Gasteiger partial charge < -0.3 is 9.13 Å². The molecule has 0 aliphatic rings. The average molecular weight is 328 g/mol. The average Bonchev–Trinajstić information content (AvgIpc) is 3.17. The van der Waals surface area contributed by atoms with Crippen LogP contribution in [-0.2, 0) is 13.6 Å². The molecule has 0 bridgehead atoms. The molecular formula is C17H14ClN3O2. The first-order valence-electron chi connectivity index (χ1n) is 7.00. The molecule has 3 aromatic rings. The van der Waals surface area contributed by atoms with Crippen molar-refractivity contribution in [1.29, 1.82) is 0 Å². The van der Waals surface area contributed by atoms with Gasteiger partial charge in [-0.2, -0.15) is 0 Å². The minimum atomic E-state index is -0.147. The number of rotatable bonds is 5. The van der Waals surface area contributed by atoms with Gasteiger partial charge in [0.2, 0.25) is 5.78 Å². The summed E-state index contributed by atoms with van der Waals surface area (Å²) in [7, 11) is 1.75. The van der Waals surface area contributed by atoms with Crippen LogP contribution in [0.4, 0.5) is 0 Å². The third kappa shape index (κ3) is 3.24. The van der Waals surface area contributed by atoms with Gasteiger partial charge in [0.1, 0.15) is 0 Å².